The molecule has 1 fully saturated rings. The van der Waals surface area contributed by atoms with E-state index in [9.17, 15) is 13.2 Å². The zero-order valence-corrected chi connectivity index (χ0v) is 16.4. The summed E-state index contributed by atoms with van der Waals surface area (Å²) in [4.78, 5) is 14.5. The monoisotopic (exact) mass is 371 g/mol. The quantitative estimate of drug-likeness (QED) is 0.773. The summed E-state index contributed by atoms with van der Waals surface area (Å²) in [6.07, 6.45) is 1.88. The SMILES string of the molecule is Cc1nn(C)c(C)c1S(=O)(=O)NC(C)C(=O)N1CCCC(C(C)N)C1. The van der Waals surface area contributed by atoms with Crippen LogP contribution in [0, 0.1) is 19.8 Å². The molecule has 1 aliphatic heterocycles. The Kier molecular flexibility index (Phi) is 5.90. The second kappa shape index (κ2) is 7.43. The highest BCUT2D eigenvalue weighted by molar-refractivity contribution is 7.89. The van der Waals surface area contributed by atoms with E-state index in [2.05, 4.69) is 9.82 Å². The van der Waals surface area contributed by atoms with Gasteiger partial charge in [-0.1, -0.05) is 0 Å². The molecule has 25 heavy (non-hydrogen) atoms. The van der Waals surface area contributed by atoms with Gasteiger partial charge in [0.15, 0.2) is 0 Å². The average Bonchev–Trinajstić information content (AvgIpc) is 2.79. The largest absolute Gasteiger partial charge is 0.341 e. The van der Waals surface area contributed by atoms with Gasteiger partial charge in [-0.15, -0.1) is 0 Å². The fourth-order valence-corrected chi connectivity index (χ4v) is 5.03. The summed E-state index contributed by atoms with van der Waals surface area (Å²) in [7, 11) is -2.13. The van der Waals surface area contributed by atoms with E-state index >= 15 is 0 Å². The van der Waals surface area contributed by atoms with Crippen LogP contribution in [-0.4, -0.2) is 54.2 Å². The molecule has 0 radical (unpaired) electrons. The zero-order valence-electron chi connectivity index (χ0n) is 15.6. The number of aryl methyl sites for hydroxylation is 2. The van der Waals surface area contributed by atoms with Crippen LogP contribution in [0.1, 0.15) is 38.1 Å². The number of carbonyl (C=O) groups is 1. The van der Waals surface area contributed by atoms with Crippen LogP contribution in [0.4, 0.5) is 0 Å². The summed E-state index contributed by atoms with van der Waals surface area (Å²) in [6.45, 7) is 8.08. The topological polar surface area (TPSA) is 110 Å². The van der Waals surface area contributed by atoms with Crippen LogP contribution in [0.2, 0.25) is 0 Å². The van der Waals surface area contributed by atoms with Crippen molar-refractivity contribution in [3.8, 4) is 0 Å². The minimum Gasteiger partial charge on any atom is -0.341 e. The van der Waals surface area contributed by atoms with Crippen molar-refractivity contribution in [2.45, 2.75) is 57.5 Å². The van der Waals surface area contributed by atoms with Gasteiger partial charge < -0.3 is 10.6 Å². The lowest BCUT2D eigenvalue weighted by Gasteiger charge is -2.36. The number of amides is 1. The number of sulfonamides is 1. The van der Waals surface area contributed by atoms with Crippen molar-refractivity contribution in [3.05, 3.63) is 11.4 Å². The first-order chi connectivity index (χ1) is 11.5. The minimum atomic E-state index is -3.82. The van der Waals surface area contributed by atoms with Crippen molar-refractivity contribution in [1.82, 2.24) is 19.4 Å². The number of nitrogens with one attached hydrogen (secondary N) is 1. The third-order valence-corrected chi connectivity index (χ3v) is 6.72. The summed E-state index contributed by atoms with van der Waals surface area (Å²) in [5, 5.41) is 4.14. The molecule has 1 saturated heterocycles. The predicted molar refractivity (Wildman–Crippen MR) is 95.4 cm³/mol. The third-order valence-electron chi connectivity index (χ3n) is 4.93. The van der Waals surface area contributed by atoms with Gasteiger partial charge in [0.05, 0.1) is 17.4 Å². The number of aromatic nitrogens is 2. The van der Waals surface area contributed by atoms with Crippen LogP contribution in [0.3, 0.4) is 0 Å². The Labute approximate surface area is 149 Å². The standard InChI is InChI=1S/C16H29N5O3S/c1-10(17)14-7-6-8-21(9-14)16(22)12(3)19-25(23,24)15-11(2)18-20(5)13(15)4/h10,12,14,19H,6-9,17H2,1-5H3. The molecule has 0 spiro atoms. The molecule has 2 rings (SSSR count). The number of likely N-dealkylation sites (tertiary alicyclic amines) is 1. The Morgan fingerprint density at radius 3 is 2.52 bits per heavy atom. The van der Waals surface area contributed by atoms with Crippen molar-refractivity contribution in [1.29, 1.82) is 0 Å². The highest BCUT2D eigenvalue weighted by Crippen LogP contribution is 2.21. The Balaban J connectivity index is 2.12. The summed E-state index contributed by atoms with van der Waals surface area (Å²) in [6, 6.07) is -0.820. The summed E-state index contributed by atoms with van der Waals surface area (Å²) in [5.74, 6) is 0.0393. The number of piperidine rings is 1. The lowest BCUT2D eigenvalue weighted by molar-refractivity contribution is -0.134. The van der Waals surface area contributed by atoms with Gasteiger partial charge >= 0.3 is 0 Å². The second-order valence-electron chi connectivity index (χ2n) is 7.01. The van der Waals surface area contributed by atoms with E-state index < -0.39 is 16.1 Å². The van der Waals surface area contributed by atoms with Crippen LogP contribution in [0.25, 0.3) is 0 Å². The number of hydrogen-bond acceptors (Lipinski definition) is 5. The molecule has 3 unspecified atom stereocenters. The number of nitrogens with zero attached hydrogens (tertiary/aromatic N) is 3. The first-order valence-corrected chi connectivity index (χ1v) is 10.1. The molecule has 142 valence electrons. The van der Waals surface area contributed by atoms with Crippen LogP contribution in [-0.2, 0) is 21.9 Å². The maximum Gasteiger partial charge on any atom is 0.244 e. The van der Waals surface area contributed by atoms with Crippen LogP contribution >= 0.6 is 0 Å². The van der Waals surface area contributed by atoms with Crippen LogP contribution in [0.5, 0.6) is 0 Å². The maximum atomic E-state index is 12.7. The smallest absolute Gasteiger partial charge is 0.244 e. The van der Waals surface area contributed by atoms with E-state index in [4.69, 9.17) is 5.73 Å². The highest BCUT2D eigenvalue weighted by atomic mass is 32.2. The summed E-state index contributed by atoms with van der Waals surface area (Å²) >= 11 is 0. The molecule has 3 N–H and O–H groups in total. The molecule has 2 heterocycles. The number of hydrogen-bond donors (Lipinski definition) is 2. The summed E-state index contributed by atoms with van der Waals surface area (Å²) in [5.41, 5.74) is 6.92. The Bertz CT molecular complexity index is 741. The van der Waals surface area contributed by atoms with E-state index in [1.54, 1.807) is 32.7 Å². The van der Waals surface area contributed by atoms with Gasteiger partial charge in [0.25, 0.3) is 0 Å². The first kappa shape index (κ1) is 19.9. The van der Waals surface area contributed by atoms with Crippen molar-refractivity contribution in [2.75, 3.05) is 13.1 Å². The van der Waals surface area contributed by atoms with Crippen LogP contribution in [0.15, 0.2) is 4.90 Å². The number of carbonyl (C=O) groups excluding carboxylic acids is 1. The Morgan fingerprint density at radius 1 is 1.36 bits per heavy atom. The molecule has 8 nitrogen and oxygen atoms in total. The third kappa shape index (κ3) is 4.21. The fourth-order valence-electron chi connectivity index (χ4n) is 3.40. The molecule has 0 bridgehead atoms. The van der Waals surface area contributed by atoms with Gasteiger partial charge in [0.1, 0.15) is 4.90 Å². The number of nitrogens with two attached hydrogens (primary N) is 1. The molecular weight excluding hydrogens is 342 g/mol. The summed E-state index contributed by atoms with van der Waals surface area (Å²) < 4.78 is 29.4. The molecule has 1 amide bonds. The van der Waals surface area contributed by atoms with Crippen molar-refractivity contribution in [3.63, 3.8) is 0 Å². The lowest BCUT2D eigenvalue weighted by atomic mass is 9.92. The van der Waals surface area contributed by atoms with Gasteiger partial charge in [-0.2, -0.15) is 9.82 Å². The molecule has 1 aromatic rings. The number of rotatable bonds is 5. The normalized spacial score (nSPS) is 21.2. The molecule has 3 atom stereocenters. The minimum absolute atomic E-state index is 0.0169. The molecule has 0 saturated carbocycles. The van der Waals surface area contributed by atoms with Crippen molar-refractivity contribution >= 4 is 15.9 Å². The fraction of sp³-hybridized carbons (Fsp3) is 0.750. The van der Waals surface area contributed by atoms with Crippen LogP contribution < -0.4 is 10.5 Å². The van der Waals surface area contributed by atoms with Crippen molar-refractivity contribution in [2.24, 2.45) is 18.7 Å². The van der Waals surface area contributed by atoms with E-state index in [0.717, 1.165) is 12.8 Å². The lowest BCUT2D eigenvalue weighted by Crippen LogP contribution is -2.51. The Morgan fingerprint density at radius 2 is 2.00 bits per heavy atom. The molecule has 0 aromatic carbocycles. The molecule has 1 aliphatic rings. The van der Waals surface area contributed by atoms with Crippen molar-refractivity contribution < 1.29 is 13.2 Å². The van der Waals surface area contributed by atoms with Gasteiger partial charge in [-0.05, 0) is 46.5 Å². The van der Waals surface area contributed by atoms with Gasteiger partial charge in [-0.3, -0.25) is 9.48 Å². The van der Waals surface area contributed by atoms with E-state index in [1.807, 2.05) is 6.92 Å². The van der Waals surface area contributed by atoms with Gasteiger partial charge in [0.2, 0.25) is 15.9 Å². The predicted octanol–water partition coefficient (Wildman–Crippen LogP) is 0.290. The van der Waals surface area contributed by atoms with E-state index in [1.165, 1.54) is 4.68 Å². The van der Waals surface area contributed by atoms with E-state index in [0.29, 0.717) is 24.5 Å². The Hall–Kier alpha value is -1.45. The highest BCUT2D eigenvalue weighted by Gasteiger charge is 2.32. The molecular formula is C16H29N5O3S. The van der Waals surface area contributed by atoms with Gasteiger partial charge in [0, 0.05) is 26.2 Å². The first-order valence-electron chi connectivity index (χ1n) is 8.61. The molecule has 0 aliphatic carbocycles. The zero-order chi connectivity index (χ0) is 18.9. The molecule has 9 heteroatoms. The van der Waals surface area contributed by atoms with Gasteiger partial charge in [-0.25, -0.2) is 8.42 Å². The maximum absolute atomic E-state index is 12.7. The second-order valence-corrected chi connectivity index (χ2v) is 8.66. The van der Waals surface area contributed by atoms with E-state index in [-0.39, 0.29) is 22.8 Å². The average molecular weight is 372 g/mol. The molecule has 1 aromatic heterocycles.